The molecule has 3 nitrogen and oxygen atoms in total. The van der Waals surface area contributed by atoms with Gasteiger partial charge in [-0.15, -0.1) is 0 Å². The minimum absolute atomic E-state index is 0.0130. The Bertz CT molecular complexity index is 253. The number of hydrogen-bond acceptors (Lipinski definition) is 2. The Morgan fingerprint density at radius 3 is 2.57 bits per heavy atom. The fourth-order valence-corrected chi connectivity index (χ4v) is 5.51. The van der Waals surface area contributed by atoms with Gasteiger partial charge in [0, 0.05) is 0 Å². The number of carbonyl (C=O) groups is 1. The van der Waals surface area contributed by atoms with Crippen LogP contribution in [0.2, 0.25) is 0 Å². The fraction of sp³-hybridized carbons (Fsp3) is 0.800. The number of carboxylic acid groups (broad SMARTS) is 1. The molecule has 0 radical (unpaired) electrons. The van der Waals surface area contributed by atoms with E-state index in [-0.39, 0.29) is 12.3 Å². The van der Waals surface area contributed by atoms with E-state index in [4.69, 9.17) is 10.4 Å². The van der Waals surface area contributed by atoms with E-state index >= 15 is 0 Å². The van der Waals surface area contributed by atoms with Gasteiger partial charge < -0.3 is 5.11 Å². The molecule has 1 N–H and O–H groups in total. The van der Waals surface area contributed by atoms with Gasteiger partial charge in [0.25, 0.3) is 0 Å². The quantitative estimate of drug-likeness (QED) is 0.778. The van der Waals surface area contributed by atoms with Crippen LogP contribution in [-0.2, 0) is 4.79 Å². The lowest BCUT2D eigenvalue weighted by Crippen LogP contribution is -2.16. The van der Waals surface area contributed by atoms with E-state index in [0.29, 0.717) is 0 Å². The average molecular weight is 215 g/mol. The molecule has 1 atom stereocenters. The van der Waals surface area contributed by atoms with Crippen LogP contribution in [0, 0.1) is 17.2 Å². The number of nitriles is 1. The first kappa shape index (κ1) is 11.4. The molecule has 0 aromatic rings. The van der Waals surface area contributed by atoms with E-state index in [1.54, 1.807) is 0 Å². The van der Waals surface area contributed by atoms with Crippen LogP contribution < -0.4 is 0 Å². The molecule has 80 valence electrons. The highest BCUT2D eigenvalue weighted by Gasteiger charge is 2.27. The Morgan fingerprint density at radius 1 is 1.57 bits per heavy atom. The molecular formula is C10H17NO2S. The first-order valence-corrected chi connectivity index (χ1v) is 7.43. The van der Waals surface area contributed by atoms with Crippen molar-refractivity contribution in [3.8, 4) is 6.07 Å². The van der Waals surface area contributed by atoms with Gasteiger partial charge in [-0.1, -0.05) is 0 Å². The smallest absolute Gasteiger partial charge is 0.304 e. The van der Waals surface area contributed by atoms with Crippen LogP contribution in [0.25, 0.3) is 0 Å². The van der Waals surface area contributed by atoms with Gasteiger partial charge in [-0.05, 0) is 36.4 Å². The molecule has 1 unspecified atom stereocenters. The molecule has 0 spiro atoms. The predicted octanol–water partition coefficient (Wildman–Crippen LogP) is 1.83. The lowest BCUT2D eigenvalue weighted by molar-refractivity contribution is -0.137. The maximum Gasteiger partial charge on any atom is 0.304 e. The fourth-order valence-electron chi connectivity index (χ4n) is 2.01. The zero-order valence-corrected chi connectivity index (χ0v) is 9.35. The third-order valence-electron chi connectivity index (χ3n) is 2.73. The zero-order valence-electron chi connectivity index (χ0n) is 8.53. The molecule has 0 saturated carbocycles. The largest absolute Gasteiger partial charge is 0.481 e. The van der Waals surface area contributed by atoms with Gasteiger partial charge in [-0.2, -0.15) is 5.26 Å². The van der Waals surface area contributed by atoms with Crippen LogP contribution in [0.4, 0.5) is 0 Å². The predicted molar refractivity (Wildman–Crippen MR) is 58.7 cm³/mol. The third kappa shape index (κ3) is 3.22. The molecule has 14 heavy (non-hydrogen) atoms. The van der Waals surface area contributed by atoms with E-state index in [2.05, 4.69) is 12.3 Å². The maximum absolute atomic E-state index is 10.5. The van der Waals surface area contributed by atoms with Crippen molar-refractivity contribution >= 4 is 16.0 Å². The minimum atomic E-state index is -0.849. The van der Waals surface area contributed by atoms with E-state index < -0.39 is 16.0 Å². The molecule has 1 fully saturated rings. The Labute approximate surface area is 86.4 Å². The Morgan fingerprint density at radius 2 is 2.14 bits per heavy atom. The molecule has 1 aliphatic heterocycles. The number of carboxylic acids is 1. The summed E-state index contributed by atoms with van der Waals surface area (Å²) in [4.78, 5) is 10.5. The first-order chi connectivity index (χ1) is 6.56. The number of aliphatic carboxylic acids is 1. The highest BCUT2D eigenvalue weighted by atomic mass is 32.3. The van der Waals surface area contributed by atoms with Crippen LogP contribution >= 0.6 is 10.0 Å². The van der Waals surface area contributed by atoms with E-state index in [1.165, 1.54) is 24.3 Å². The van der Waals surface area contributed by atoms with Gasteiger partial charge in [0.15, 0.2) is 0 Å². The zero-order chi connectivity index (χ0) is 10.6. The summed E-state index contributed by atoms with van der Waals surface area (Å²) in [7, 11) is -0.647. The molecule has 1 rings (SSSR count). The van der Waals surface area contributed by atoms with Crippen molar-refractivity contribution in [2.45, 2.75) is 19.3 Å². The van der Waals surface area contributed by atoms with Crippen molar-refractivity contribution < 1.29 is 9.90 Å². The van der Waals surface area contributed by atoms with Crippen LogP contribution in [0.15, 0.2) is 0 Å². The van der Waals surface area contributed by atoms with E-state index in [0.717, 1.165) is 5.75 Å². The molecular weight excluding hydrogens is 198 g/mol. The second kappa shape index (κ2) is 4.70. The third-order valence-corrected chi connectivity index (χ3v) is 6.49. The van der Waals surface area contributed by atoms with Crippen molar-refractivity contribution in [1.29, 1.82) is 5.26 Å². The molecule has 1 heterocycles. The average Bonchev–Trinajstić information content (AvgIpc) is 2.50. The van der Waals surface area contributed by atoms with Gasteiger partial charge in [-0.25, -0.2) is 10.0 Å². The number of hydrogen-bond donors (Lipinski definition) is 1. The second-order valence-corrected chi connectivity index (χ2v) is 8.29. The van der Waals surface area contributed by atoms with Crippen molar-refractivity contribution in [1.82, 2.24) is 0 Å². The topological polar surface area (TPSA) is 61.1 Å². The highest BCUT2D eigenvalue weighted by Crippen LogP contribution is 2.51. The van der Waals surface area contributed by atoms with E-state index in [9.17, 15) is 4.79 Å². The lowest BCUT2D eigenvalue weighted by Gasteiger charge is -2.32. The normalized spacial score (nSPS) is 23.7. The summed E-state index contributed by atoms with van der Waals surface area (Å²) in [6.45, 7) is 0. The highest BCUT2D eigenvalue weighted by molar-refractivity contribution is 8.33. The summed E-state index contributed by atoms with van der Waals surface area (Å²) in [5.41, 5.74) is 0. The van der Waals surface area contributed by atoms with Gasteiger partial charge in [0.05, 0.1) is 18.4 Å². The second-order valence-electron chi connectivity index (χ2n) is 4.18. The summed E-state index contributed by atoms with van der Waals surface area (Å²) < 4.78 is 0. The maximum atomic E-state index is 10.5. The molecule has 0 aliphatic carbocycles. The number of rotatable bonds is 4. The summed E-state index contributed by atoms with van der Waals surface area (Å²) in [6.07, 6.45) is 4.79. The van der Waals surface area contributed by atoms with Crippen LogP contribution in [-0.4, -0.2) is 34.6 Å². The van der Waals surface area contributed by atoms with Crippen LogP contribution in [0.1, 0.15) is 19.3 Å². The monoisotopic (exact) mass is 215 g/mol. The SMILES string of the molecule is CS1(CC(C#N)CC(=O)O)CCCC1. The summed E-state index contributed by atoms with van der Waals surface area (Å²) >= 11 is 0. The Hall–Kier alpha value is -0.690. The Kier molecular flexibility index (Phi) is 3.82. The van der Waals surface area contributed by atoms with Crippen LogP contribution in [0.3, 0.4) is 0 Å². The van der Waals surface area contributed by atoms with Gasteiger partial charge in [0.2, 0.25) is 0 Å². The van der Waals surface area contributed by atoms with Crippen molar-refractivity contribution in [3.05, 3.63) is 0 Å². The van der Waals surface area contributed by atoms with E-state index in [1.807, 2.05) is 0 Å². The first-order valence-electron chi connectivity index (χ1n) is 4.88. The molecule has 1 aliphatic rings. The van der Waals surface area contributed by atoms with Crippen molar-refractivity contribution in [2.24, 2.45) is 5.92 Å². The van der Waals surface area contributed by atoms with Gasteiger partial charge >= 0.3 is 5.97 Å². The van der Waals surface area contributed by atoms with Crippen LogP contribution in [0.5, 0.6) is 0 Å². The molecule has 0 amide bonds. The Balaban J connectivity index is 2.47. The molecule has 1 saturated heterocycles. The minimum Gasteiger partial charge on any atom is -0.481 e. The summed E-state index contributed by atoms with van der Waals surface area (Å²) in [5, 5.41) is 17.5. The number of nitrogens with zero attached hydrogens (tertiary/aromatic N) is 1. The molecule has 0 aromatic carbocycles. The van der Waals surface area contributed by atoms with Gasteiger partial charge in [-0.3, -0.25) is 4.79 Å². The standard InChI is InChI=1S/C10H17NO2S/c1-14(4-2-3-5-14)8-9(7-11)6-10(12)13/h9H,2-6,8H2,1H3,(H,12,13). The molecule has 0 aromatic heterocycles. The van der Waals surface area contributed by atoms with Gasteiger partial charge in [0.1, 0.15) is 0 Å². The summed E-state index contributed by atoms with van der Waals surface area (Å²) in [6, 6.07) is 2.13. The van der Waals surface area contributed by atoms with Crippen molar-refractivity contribution in [3.63, 3.8) is 0 Å². The van der Waals surface area contributed by atoms with Crippen molar-refractivity contribution in [2.75, 3.05) is 23.5 Å². The molecule has 4 heteroatoms. The molecule has 0 bridgehead atoms. The lowest BCUT2D eigenvalue weighted by atomic mass is 10.1. The summed E-state index contributed by atoms with van der Waals surface area (Å²) in [5.74, 6) is 2.16.